The van der Waals surface area contributed by atoms with E-state index in [1.807, 2.05) is 0 Å². The fourth-order valence-electron chi connectivity index (χ4n) is 0.666. The van der Waals surface area contributed by atoms with Crippen LogP contribution in [0.1, 0.15) is 0 Å². The normalized spacial score (nSPS) is 14.1. The van der Waals surface area contributed by atoms with Crippen molar-refractivity contribution in [2.24, 2.45) is 5.14 Å². The summed E-state index contributed by atoms with van der Waals surface area (Å²) in [4.78, 5) is 0.194. The smallest absolute Gasteiger partial charge is 0.236 e. The second-order valence-corrected chi connectivity index (χ2v) is 6.27. The maximum atomic E-state index is 11.1. The average Bonchev–Trinajstić information content (AvgIpc) is 2.03. The van der Waals surface area contributed by atoms with Crippen LogP contribution in [0.15, 0.2) is 35.2 Å². The molecule has 0 saturated heterocycles. The Balaban J connectivity index is 3.11. The van der Waals surface area contributed by atoms with Crippen LogP contribution in [0.25, 0.3) is 0 Å². The highest BCUT2D eigenvalue weighted by molar-refractivity contribution is 8.63. The standard InChI is InChI=1S/C6H7NO3S2/c7-12(9,10)11(8)6-4-2-1-3-5-6/h1-5H,(H2,7,9,10). The van der Waals surface area contributed by atoms with Gasteiger partial charge in [0.2, 0.25) is 0 Å². The Kier molecular flexibility index (Phi) is 2.61. The van der Waals surface area contributed by atoms with Crippen LogP contribution in [-0.4, -0.2) is 12.6 Å². The minimum absolute atomic E-state index is 0.194. The molecule has 0 aromatic heterocycles. The predicted octanol–water partition coefficient (Wildman–Crippen LogP) is -0.00230. The molecule has 0 fully saturated rings. The zero-order valence-corrected chi connectivity index (χ0v) is 7.64. The van der Waals surface area contributed by atoms with E-state index >= 15 is 0 Å². The van der Waals surface area contributed by atoms with Crippen LogP contribution in [-0.2, 0) is 18.9 Å². The molecule has 1 rings (SSSR count). The fourth-order valence-corrected chi connectivity index (χ4v) is 2.45. The summed E-state index contributed by atoms with van der Waals surface area (Å²) < 4.78 is 32.3. The highest BCUT2D eigenvalue weighted by atomic mass is 33.2. The average molecular weight is 205 g/mol. The van der Waals surface area contributed by atoms with Gasteiger partial charge in [-0.25, -0.2) is 9.35 Å². The van der Waals surface area contributed by atoms with Crippen molar-refractivity contribution in [1.29, 1.82) is 0 Å². The summed E-state index contributed by atoms with van der Waals surface area (Å²) in [7, 11) is -6.13. The minimum atomic E-state index is -3.98. The van der Waals surface area contributed by atoms with Crippen LogP contribution >= 0.6 is 0 Å². The van der Waals surface area contributed by atoms with Crippen molar-refractivity contribution in [1.82, 2.24) is 0 Å². The summed E-state index contributed by atoms with van der Waals surface area (Å²) in [6.45, 7) is 0. The van der Waals surface area contributed by atoms with E-state index in [0.717, 1.165) is 0 Å². The van der Waals surface area contributed by atoms with Gasteiger partial charge in [0.05, 0.1) is 4.90 Å². The van der Waals surface area contributed by atoms with Crippen LogP contribution in [0.4, 0.5) is 0 Å². The molecular weight excluding hydrogens is 198 g/mol. The molecule has 1 unspecified atom stereocenters. The van der Waals surface area contributed by atoms with E-state index in [2.05, 4.69) is 5.14 Å². The van der Waals surface area contributed by atoms with Crippen molar-refractivity contribution in [3.63, 3.8) is 0 Å². The van der Waals surface area contributed by atoms with Gasteiger partial charge in [-0.15, -0.1) is 0 Å². The van der Waals surface area contributed by atoms with Gasteiger partial charge >= 0.3 is 0 Å². The lowest BCUT2D eigenvalue weighted by atomic mass is 10.4. The first-order valence-corrected chi connectivity index (χ1v) is 6.23. The van der Waals surface area contributed by atoms with Gasteiger partial charge in [-0.05, 0) is 12.1 Å². The third-order valence-electron chi connectivity index (χ3n) is 1.15. The minimum Gasteiger partial charge on any atom is -0.236 e. The fraction of sp³-hybridized carbons (Fsp3) is 0. The molecular formula is C6H7NO3S2. The third kappa shape index (κ3) is 2.13. The molecule has 2 N–H and O–H groups in total. The van der Waals surface area contributed by atoms with Crippen molar-refractivity contribution in [3.05, 3.63) is 30.3 Å². The lowest BCUT2D eigenvalue weighted by Crippen LogP contribution is -2.17. The number of benzene rings is 1. The van der Waals surface area contributed by atoms with Crippen molar-refractivity contribution < 1.29 is 12.6 Å². The van der Waals surface area contributed by atoms with E-state index in [1.165, 1.54) is 12.1 Å². The van der Waals surface area contributed by atoms with Gasteiger partial charge in [-0.3, -0.25) is 0 Å². The van der Waals surface area contributed by atoms with E-state index in [-0.39, 0.29) is 4.90 Å². The number of hydrogen-bond donors (Lipinski definition) is 1. The summed E-state index contributed by atoms with van der Waals surface area (Å²) in [6, 6.07) is 7.78. The lowest BCUT2D eigenvalue weighted by molar-refractivity contribution is 0.607. The zero-order chi connectivity index (χ0) is 9.19. The van der Waals surface area contributed by atoms with E-state index in [1.54, 1.807) is 18.2 Å². The molecule has 0 aliphatic heterocycles. The van der Waals surface area contributed by atoms with Crippen molar-refractivity contribution in [3.8, 4) is 0 Å². The van der Waals surface area contributed by atoms with E-state index in [9.17, 15) is 12.6 Å². The SMILES string of the molecule is NS(=O)(=O)S(=O)c1ccccc1. The molecule has 1 atom stereocenters. The molecule has 0 amide bonds. The second kappa shape index (κ2) is 3.34. The quantitative estimate of drug-likeness (QED) is 0.690. The summed E-state index contributed by atoms with van der Waals surface area (Å²) in [5, 5.41) is 4.68. The van der Waals surface area contributed by atoms with Gasteiger partial charge in [0.25, 0.3) is 9.06 Å². The molecule has 0 radical (unpaired) electrons. The summed E-state index contributed by atoms with van der Waals surface area (Å²) in [5.41, 5.74) is 0. The predicted molar refractivity (Wildman–Crippen MR) is 46.0 cm³/mol. The number of rotatable bonds is 2. The Morgan fingerprint density at radius 1 is 1.17 bits per heavy atom. The highest BCUT2D eigenvalue weighted by Crippen LogP contribution is 2.07. The summed E-state index contributed by atoms with van der Waals surface area (Å²) in [5.74, 6) is 0. The Hall–Kier alpha value is -0.720. The van der Waals surface area contributed by atoms with Crippen molar-refractivity contribution in [2.45, 2.75) is 4.90 Å². The Morgan fingerprint density at radius 3 is 2.08 bits per heavy atom. The molecule has 0 saturated carbocycles. The van der Waals surface area contributed by atoms with E-state index < -0.39 is 18.9 Å². The molecule has 0 aliphatic carbocycles. The molecule has 1 aromatic rings. The van der Waals surface area contributed by atoms with Crippen molar-refractivity contribution in [2.75, 3.05) is 0 Å². The molecule has 4 nitrogen and oxygen atoms in total. The largest absolute Gasteiger partial charge is 0.294 e. The third-order valence-corrected chi connectivity index (χ3v) is 4.07. The van der Waals surface area contributed by atoms with Crippen LogP contribution in [0.2, 0.25) is 0 Å². The lowest BCUT2D eigenvalue weighted by Gasteiger charge is -1.96. The first-order chi connectivity index (χ1) is 5.52. The monoisotopic (exact) mass is 205 g/mol. The number of hydrogen-bond acceptors (Lipinski definition) is 3. The van der Waals surface area contributed by atoms with Gasteiger partial charge in [0.15, 0.2) is 9.83 Å². The number of nitrogens with two attached hydrogens (primary N) is 1. The molecule has 12 heavy (non-hydrogen) atoms. The maximum absolute atomic E-state index is 11.1. The van der Waals surface area contributed by atoms with Crippen LogP contribution in [0.3, 0.4) is 0 Å². The van der Waals surface area contributed by atoms with Gasteiger partial charge in [-0.1, -0.05) is 18.2 Å². The molecule has 0 aliphatic rings. The summed E-state index contributed by atoms with van der Waals surface area (Å²) >= 11 is 0. The highest BCUT2D eigenvalue weighted by Gasteiger charge is 2.15. The first kappa shape index (κ1) is 9.37. The summed E-state index contributed by atoms with van der Waals surface area (Å²) in [6.07, 6.45) is 0. The van der Waals surface area contributed by atoms with Crippen LogP contribution in [0.5, 0.6) is 0 Å². The maximum Gasteiger partial charge on any atom is 0.294 e. The molecule has 0 heterocycles. The Labute approximate surface area is 72.3 Å². The van der Waals surface area contributed by atoms with Crippen LogP contribution in [0, 0.1) is 0 Å². The van der Waals surface area contributed by atoms with Gasteiger partial charge in [0, 0.05) is 0 Å². The van der Waals surface area contributed by atoms with Gasteiger partial charge < -0.3 is 0 Å². The van der Waals surface area contributed by atoms with Gasteiger partial charge in [0.1, 0.15) is 0 Å². The van der Waals surface area contributed by atoms with Crippen LogP contribution < -0.4 is 5.14 Å². The topological polar surface area (TPSA) is 77.2 Å². The molecule has 66 valence electrons. The molecule has 1 aromatic carbocycles. The van der Waals surface area contributed by atoms with Gasteiger partial charge in [-0.2, -0.15) is 8.42 Å². The van der Waals surface area contributed by atoms with E-state index in [4.69, 9.17) is 0 Å². The zero-order valence-electron chi connectivity index (χ0n) is 6.01. The van der Waals surface area contributed by atoms with Crippen molar-refractivity contribution >= 4 is 18.9 Å². The second-order valence-electron chi connectivity index (χ2n) is 2.04. The molecule has 0 bridgehead atoms. The Bertz CT molecular complexity index is 385. The first-order valence-electron chi connectivity index (χ1n) is 3.02. The van der Waals surface area contributed by atoms with E-state index in [0.29, 0.717) is 0 Å². The molecule has 6 heteroatoms. The molecule has 0 spiro atoms. The Morgan fingerprint density at radius 2 is 1.67 bits per heavy atom.